The largest absolute Gasteiger partial charge is 0.494 e. The molecule has 42 heavy (non-hydrogen) atoms. The Morgan fingerprint density at radius 2 is 1.21 bits per heavy atom. The summed E-state index contributed by atoms with van der Waals surface area (Å²) in [6.45, 7) is 13.1. The van der Waals surface area contributed by atoms with Gasteiger partial charge in [0, 0.05) is 5.41 Å². The van der Waals surface area contributed by atoms with E-state index in [2.05, 4.69) is 145 Å². The van der Waals surface area contributed by atoms with E-state index in [9.17, 15) is 0 Å². The van der Waals surface area contributed by atoms with Crippen molar-refractivity contribution in [3.63, 3.8) is 0 Å². The second-order valence-electron chi connectivity index (χ2n) is 13.6. The molecule has 1 fully saturated rings. The maximum Gasteiger partial charge on any atom is 0.494 e. The van der Waals surface area contributed by atoms with Gasteiger partial charge in [0.15, 0.2) is 0 Å². The second-order valence-corrected chi connectivity index (χ2v) is 13.6. The summed E-state index contributed by atoms with van der Waals surface area (Å²) in [5.41, 5.74) is 13.1. The molecule has 2 nitrogen and oxygen atoms in total. The van der Waals surface area contributed by atoms with Crippen LogP contribution in [0, 0.1) is 0 Å². The topological polar surface area (TPSA) is 18.5 Å². The molecular formula is C39H39BO2. The first kappa shape index (κ1) is 27.2. The minimum atomic E-state index is -0.428. The van der Waals surface area contributed by atoms with Gasteiger partial charge < -0.3 is 9.31 Å². The number of rotatable bonds is 4. The van der Waals surface area contributed by atoms with Crippen LogP contribution in [0.25, 0.3) is 39.0 Å². The molecule has 4 aromatic rings. The highest BCUT2D eigenvalue weighted by atomic mass is 16.7. The number of fused-ring (bicyclic) bond motifs is 3. The Labute approximate surface area is 251 Å². The maximum atomic E-state index is 6.54. The first-order valence-corrected chi connectivity index (χ1v) is 15.3. The van der Waals surface area contributed by atoms with Crippen molar-refractivity contribution < 1.29 is 9.31 Å². The highest BCUT2D eigenvalue weighted by molar-refractivity contribution is 6.62. The van der Waals surface area contributed by atoms with Gasteiger partial charge in [0.25, 0.3) is 0 Å². The lowest BCUT2D eigenvalue weighted by atomic mass is 9.76. The lowest BCUT2D eigenvalue weighted by molar-refractivity contribution is 0.00578. The lowest BCUT2D eigenvalue weighted by Gasteiger charge is -2.32. The zero-order chi connectivity index (χ0) is 29.3. The second kappa shape index (κ2) is 9.69. The van der Waals surface area contributed by atoms with Crippen molar-refractivity contribution in [3.8, 4) is 33.4 Å². The van der Waals surface area contributed by atoms with Gasteiger partial charge in [0.2, 0.25) is 0 Å². The molecule has 0 bridgehead atoms. The van der Waals surface area contributed by atoms with Gasteiger partial charge in [0.05, 0.1) is 11.2 Å². The molecule has 0 saturated carbocycles. The molecule has 0 aromatic heterocycles. The summed E-state index contributed by atoms with van der Waals surface area (Å²) >= 11 is 0. The van der Waals surface area contributed by atoms with Gasteiger partial charge in [-0.25, -0.2) is 0 Å². The Bertz CT molecular complexity index is 1740. The molecule has 0 amide bonds. The van der Waals surface area contributed by atoms with Gasteiger partial charge in [-0.3, -0.25) is 0 Å². The monoisotopic (exact) mass is 550 g/mol. The van der Waals surface area contributed by atoms with E-state index in [0.717, 1.165) is 18.3 Å². The van der Waals surface area contributed by atoms with E-state index in [1.54, 1.807) is 0 Å². The van der Waals surface area contributed by atoms with Crippen LogP contribution in [-0.4, -0.2) is 18.3 Å². The molecular weight excluding hydrogens is 511 g/mol. The highest BCUT2D eigenvalue weighted by Crippen LogP contribution is 2.49. The predicted octanol–water partition coefficient (Wildman–Crippen LogP) is 9.36. The quantitative estimate of drug-likeness (QED) is 0.236. The Hall–Kier alpha value is -3.66. The molecule has 1 aliphatic heterocycles. The van der Waals surface area contributed by atoms with Crippen molar-refractivity contribution in [3.05, 3.63) is 120 Å². The Kier molecular flexibility index (Phi) is 6.28. The smallest absolute Gasteiger partial charge is 0.399 e. The van der Waals surface area contributed by atoms with Crippen LogP contribution in [0.4, 0.5) is 0 Å². The third kappa shape index (κ3) is 4.42. The predicted molar refractivity (Wildman–Crippen MR) is 177 cm³/mol. The van der Waals surface area contributed by atoms with E-state index in [1.165, 1.54) is 55.6 Å². The molecule has 210 valence electrons. The normalized spacial score (nSPS) is 19.4. The lowest BCUT2D eigenvalue weighted by Crippen LogP contribution is -2.41. The summed E-state index contributed by atoms with van der Waals surface area (Å²) in [4.78, 5) is 0. The van der Waals surface area contributed by atoms with Crippen molar-refractivity contribution >= 4 is 18.2 Å². The van der Waals surface area contributed by atoms with E-state index in [0.29, 0.717) is 0 Å². The molecule has 7 rings (SSSR count). The van der Waals surface area contributed by atoms with Gasteiger partial charge in [-0.15, -0.1) is 0 Å². The summed E-state index contributed by atoms with van der Waals surface area (Å²) in [7, 11) is -0.428. The highest BCUT2D eigenvalue weighted by Gasteiger charge is 2.51. The number of benzene rings is 4. The van der Waals surface area contributed by atoms with Gasteiger partial charge in [-0.05, 0) is 114 Å². The van der Waals surface area contributed by atoms with Crippen LogP contribution in [-0.2, 0) is 14.7 Å². The standard InChI is InChI=1S/C39H39BO2/c1-37(2)35-15-11-10-14-33(35)34-21-20-29(25-36(34)37)31-22-30(23-32(24-31)40-41-38(3,4)39(5,6)42-40)28-18-16-27(17-19-28)26-12-8-7-9-13-26/h7-8,10-12,14-25H,9,13H2,1-6H3. The fraction of sp³-hybridized carbons (Fsp3) is 0.282. The minimum Gasteiger partial charge on any atom is -0.399 e. The Morgan fingerprint density at radius 1 is 0.595 bits per heavy atom. The van der Waals surface area contributed by atoms with Crippen LogP contribution in [0.3, 0.4) is 0 Å². The summed E-state index contributed by atoms with van der Waals surface area (Å²) in [5.74, 6) is 0. The fourth-order valence-electron chi connectivity index (χ4n) is 6.70. The molecule has 4 aromatic carbocycles. The van der Waals surface area contributed by atoms with Gasteiger partial charge in [-0.2, -0.15) is 0 Å². The average molecular weight is 551 g/mol. The van der Waals surface area contributed by atoms with E-state index < -0.39 is 18.3 Å². The van der Waals surface area contributed by atoms with Gasteiger partial charge >= 0.3 is 7.12 Å². The van der Waals surface area contributed by atoms with Crippen LogP contribution >= 0.6 is 0 Å². The fourth-order valence-corrected chi connectivity index (χ4v) is 6.70. The van der Waals surface area contributed by atoms with Crippen LogP contribution < -0.4 is 5.46 Å². The van der Waals surface area contributed by atoms with E-state index in [1.807, 2.05) is 0 Å². The third-order valence-electron chi connectivity index (χ3n) is 10.0. The van der Waals surface area contributed by atoms with Crippen molar-refractivity contribution in [2.75, 3.05) is 0 Å². The third-order valence-corrected chi connectivity index (χ3v) is 10.0. The van der Waals surface area contributed by atoms with E-state index >= 15 is 0 Å². The molecule has 0 atom stereocenters. The summed E-state index contributed by atoms with van der Waals surface area (Å²) in [6.07, 6.45) is 8.84. The molecule has 0 N–H and O–H groups in total. The molecule has 3 heteroatoms. The number of hydrogen-bond acceptors (Lipinski definition) is 2. The minimum absolute atomic E-state index is 0.0487. The Balaban J connectivity index is 1.33. The van der Waals surface area contributed by atoms with Crippen LogP contribution in [0.2, 0.25) is 0 Å². The zero-order valence-electron chi connectivity index (χ0n) is 25.6. The summed E-state index contributed by atoms with van der Waals surface area (Å²) in [6, 6.07) is 31.7. The van der Waals surface area contributed by atoms with E-state index in [4.69, 9.17) is 9.31 Å². The maximum absolute atomic E-state index is 6.54. The van der Waals surface area contributed by atoms with Crippen molar-refractivity contribution in [1.29, 1.82) is 0 Å². The zero-order valence-corrected chi connectivity index (χ0v) is 25.6. The van der Waals surface area contributed by atoms with Crippen molar-refractivity contribution in [1.82, 2.24) is 0 Å². The van der Waals surface area contributed by atoms with Gasteiger partial charge in [0.1, 0.15) is 0 Å². The molecule has 0 radical (unpaired) electrons. The van der Waals surface area contributed by atoms with Gasteiger partial charge in [-0.1, -0.05) is 105 Å². The number of hydrogen-bond donors (Lipinski definition) is 0. The van der Waals surface area contributed by atoms with Crippen LogP contribution in [0.1, 0.15) is 71.1 Å². The van der Waals surface area contributed by atoms with Crippen LogP contribution in [0.15, 0.2) is 103 Å². The Morgan fingerprint density at radius 3 is 1.90 bits per heavy atom. The molecule has 3 aliphatic rings. The molecule has 2 aliphatic carbocycles. The average Bonchev–Trinajstić information content (AvgIpc) is 3.37. The first-order valence-electron chi connectivity index (χ1n) is 15.3. The van der Waals surface area contributed by atoms with Crippen molar-refractivity contribution in [2.24, 2.45) is 0 Å². The molecule has 0 spiro atoms. The molecule has 0 unspecified atom stereocenters. The summed E-state index contributed by atoms with van der Waals surface area (Å²) < 4.78 is 13.1. The summed E-state index contributed by atoms with van der Waals surface area (Å²) in [5, 5.41) is 0. The molecule has 1 saturated heterocycles. The van der Waals surface area contributed by atoms with Crippen molar-refractivity contribution in [2.45, 2.75) is 71.0 Å². The molecule has 1 heterocycles. The van der Waals surface area contributed by atoms with E-state index in [-0.39, 0.29) is 5.41 Å². The van der Waals surface area contributed by atoms with Crippen LogP contribution in [0.5, 0.6) is 0 Å². The SMILES string of the molecule is CC1(C)c2ccccc2-c2ccc(-c3cc(B4OC(C)(C)C(C)(C)O4)cc(-c4ccc(C5=CC=CCC5)cc4)c3)cc21. The number of allylic oxidation sites excluding steroid dienone is 4. The first-order chi connectivity index (χ1) is 20.0.